The van der Waals surface area contributed by atoms with E-state index in [1.165, 1.54) is 29.8 Å². The van der Waals surface area contributed by atoms with Gasteiger partial charge in [-0.1, -0.05) is 11.6 Å². The lowest BCUT2D eigenvalue weighted by Crippen LogP contribution is -2.48. The van der Waals surface area contributed by atoms with Gasteiger partial charge >= 0.3 is 12.3 Å². The van der Waals surface area contributed by atoms with Crippen LogP contribution in [0.1, 0.15) is 32.9 Å². The van der Waals surface area contributed by atoms with Gasteiger partial charge in [0.15, 0.2) is 5.15 Å². The first kappa shape index (κ1) is 27.8. The maximum absolute atomic E-state index is 13.9. The van der Waals surface area contributed by atoms with Crippen LogP contribution in [0.4, 0.5) is 29.3 Å². The molecule has 11 nitrogen and oxygen atoms in total. The Morgan fingerprint density at radius 2 is 2.00 bits per heavy atom. The maximum atomic E-state index is 13.9. The molecule has 0 unspecified atom stereocenters. The molecule has 16 heteroatoms. The lowest BCUT2D eigenvalue weighted by molar-refractivity contribution is -0.242. The van der Waals surface area contributed by atoms with Crippen molar-refractivity contribution in [3.63, 3.8) is 0 Å². The number of aromatic nitrogens is 2. The molecule has 2 aliphatic heterocycles. The van der Waals surface area contributed by atoms with Crippen LogP contribution in [0, 0.1) is 0 Å². The summed E-state index contributed by atoms with van der Waals surface area (Å²) in [6.45, 7) is 2.99. The van der Waals surface area contributed by atoms with Crippen molar-refractivity contribution in [2.75, 3.05) is 22.7 Å². The highest BCUT2D eigenvalue weighted by atomic mass is 35.5. The standard InChI is InChI=1S/C22H25ClF3N5O6S/c1-12(32)27-10-14-11-31(38(34,35)18-15-5-4-8-30(15)29-19(18)23)16-9-13(6-7-17(16)36-14)28-20(33)37-21(2,3)22(24,25)26/h6-7,9,14H,4-5,8,10-11H2,1-3H3,(H,27,32)(H,28,33)/t14-/m0/s1. The van der Waals surface area contributed by atoms with E-state index in [4.69, 9.17) is 16.3 Å². The molecule has 0 aliphatic carbocycles. The van der Waals surface area contributed by atoms with Crippen molar-refractivity contribution >= 4 is 45.0 Å². The van der Waals surface area contributed by atoms with Crippen LogP contribution in [0.15, 0.2) is 23.1 Å². The van der Waals surface area contributed by atoms with Crippen molar-refractivity contribution in [3.05, 3.63) is 29.0 Å². The molecule has 1 aromatic heterocycles. The molecule has 4 rings (SSSR count). The number of nitrogens with one attached hydrogen (secondary N) is 2. The highest BCUT2D eigenvalue weighted by molar-refractivity contribution is 7.93. The Kier molecular flexibility index (Phi) is 7.20. The second-order valence-electron chi connectivity index (χ2n) is 9.31. The monoisotopic (exact) mass is 579 g/mol. The van der Waals surface area contributed by atoms with E-state index in [0.29, 0.717) is 38.9 Å². The lowest BCUT2D eigenvalue weighted by Gasteiger charge is -2.35. The number of hydrogen-bond donors (Lipinski definition) is 2. The molecule has 2 aliphatic rings. The van der Waals surface area contributed by atoms with Crippen LogP contribution in [0.2, 0.25) is 5.15 Å². The van der Waals surface area contributed by atoms with Gasteiger partial charge in [-0.2, -0.15) is 18.3 Å². The number of carbonyl (C=O) groups excluding carboxylic acids is 2. The zero-order chi connectivity index (χ0) is 28.0. The summed E-state index contributed by atoms with van der Waals surface area (Å²) in [7, 11) is -4.32. The third-order valence-electron chi connectivity index (χ3n) is 6.05. The zero-order valence-electron chi connectivity index (χ0n) is 20.6. The molecule has 1 aromatic carbocycles. The summed E-state index contributed by atoms with van der Waals surface area (Å²) in [6.07, 6.45) is -5.84. The lowest BCUT2D eigenvalue weighted by atomic mass is 10.1. The van der Waals surface area contributed by atoms with Crippen molar-refractivity contribution in [2.45, 2.75) is 62.9 Å². The topological polar surface area (TPSA) is 132 Å². The van der Waals surface area contributed by atoms with Crippen LogP contribution in [-0.4, -0.2) is 61.2 Å². The normalized spacial score (nSPS) is 17.3. The number of hydrogen-bond acceptors (Lipinski definition) is 7. The van der Waals surface area contributed by atoms with E-state index in [2.05, 4.69) is 20.5 Å². The van der Waals surface area contributed by atoms with Gasteiger partial charge in [0.05, 0.1) is 24.5 Å². The Bertz CT molecular complexity index is 1380. The smallest absolute Gasteiger partial charge is 0.427 e. The Hall–Kier alpha value is -3.20. The van der Waals surface area contributed by atoms with Crippen LogP contribution >= 0.6 is 11.6 Å². The van der Waals surface area contributed by atoms with Gasteiger partial charge in [0.25, 0.3) is 10.0 Å². The molecule has 0 spiro atoms. The third kappa shape index (κ3) is 5.34. The van der Waals surface area contributed by atoms with Crippen molar-refractivity contribution in [1.82, 2.24) is 15.1 Å². The van der Waals surface area contributed by atoms with E-state index in [9.17, 15) is 31.2 Å². The molecule has 1 atom stereocenters. The van der Waals surface area contributed by atoms with Crippen molar-refractivity contribution in [3.8, 4) is 5.75 Å². The number of amides is 2. The fourth-order valence-corrected chi connectivity index (χ4v) is 6.29. The van der Waals surface area contributed by atoms with E-state index < -0.39 is 34.0 Å². The number of halogens is 4. The van der Waals surface area contributed by atoms with E-state index in [1.807, 2.05) is 0 Å². The minimum absolute atomic E-state index is 0.000499. The Morgan fingerprint density at radius 3 is 2.66 bits per heavy atom. The number of benzene rings is 1. The molecule has 0 fully saturated rings. The predicted molar refractivity (Wildman–Crippen MR) is 130 cm³/mol. The van der Waals surface area contributed by atoms with Gasteiger partial charge in [-0.15, -0.1) is 0 Å². The summed E-state index contributed by atoms with van der Waals surface area (Å²) in [5.74, 6) is -0.240. The Balaban J connectivity index is 1.69. The fourth-order valence-electron chi connectivity index (χ4n) is 4.05. The number of nitrogens with zero attached hydrogens (tertiary/aromatic N) is 3. The minimum atomic E-state index is -4.81. The van der Waals surface area contributed by atoms with Crippen LogP contribution in [0.3, 0.4) is 0 Å². The van der Waals surface area contributed by atoms with Gasteiger partial charge < -0.3 is 14.8 Å². The molecule has 2 N–H and O–H groups in total. The second-order valence-corrected chi connectivity index (χ2v) is 11.5. The van der Waals surface area contributed by atoms with Gasteiger partial charge in [-0.05, 0) is 44.9 Å². The molecule has 0 bridgehead atoms. The number of fused-ring (bicyclic) bond motifs is 2. The molecule has 0 saturated carbocycles. The molecular weight excluding hydrogens is 555 g/mol. The van der Waals surface area contributed by atoms with E-state index >= 15 is 0 Å². The summed E-state index contributed by atoms with van der Waals surface area (Å²) in [5, 5.41) is 8.70. The van der Waals surface area contributed by atoms with Gasteiger partial charge in [0.2, 0.25) is 11.5 Å². The molecule has 208 valence electrons. The van der Waals surface area contributed by atoms with Gasteiger partial charge in [-0.25, -0.2) is 13.2 Å². The number of sulfonamides is 1. The number of alkyl halides is 3. The third-order valence-corrected chi connectivity index (χ3v) is 8.30. The molecule has 0 saturated heterocycles. The first-order valence-corrected chi connectivity index (χ1v) is 13.3. The number of ether oxygens (including phenoxy) is 2. The summed E-state index contributed by atoms with van der Waals surface area (Å²) in [6, 6.07) is 3.91. The Labute approximate surface area is 221 Å². The first-order chi connectivity index (χ1) is 17.6. The molecule has 2 amide bonds. The van der Waals surface area contributed by atoms with Crippen LogP contribution in [0.5, 0.6) is 5.75 Å². The van der Waals surface area contributed by atoms with Gasteiger partial charge in [0, 0.05) is 19.2 Å². The number of carbonyl (C=O) groups is 2. The van der Waals surface area contributed by atoms with E-state index in [0.717, 1.165) is 4.31 Å². The largest absolute Gasteiger partial charge is 0.484 e. The summed E-state index contributed by atoms with van der Waals surface area (Å²) >= 11 is 6.24. The van der Waals surface area contributed by atoms with Crippen molar-refractivity contribution in [2.24, 2.45) is 0 Å². The van der Waals surface area contributed by atoms with Crippen LogP contribution in [0.25, 0.3) is 0 Å². The highest BCUT2D eigenvalue weighted by Gasteiger charge is 2.51. The summed E-state index contributed by atoms with van der Waals surface area (Å²) < 4.78 is 80.1. The Morgan fingerprint density at radius 1 is 1.29 bits per heavy atom. The minimum Gasteiger partial charge on any atom is -0.484 e. The van der Waals surface area contributed by atoms with Gasteiger partial charge in [-0.3, -0.25) is 19.1 Å². The average Bonchev–Trinajstić information content (AvgIpc) is 3.35. The predicted octanol–water partition coefficient (Wildman–Crippen LogP) is 3.46. The van der Waals surface area contributed by atoms with Crippen molar-refractivity contribution < 1.29 is 40.7 Å². The highest BCUT2D eigenvalue weighted by Crippen LogP contribution is 2.41. The summed E-state index contributed by atoms with van der Waals surface area (Å²) in [4.78, 5) is 23.5. The van der Waals surface area contributed by atoms with Crippen molar-refractivity contribution in [1.29, 1.82) is 0 Å². The maximum Gasteiger partial charge on any atom is 0.427 e. The van der Waals surface area contributed by atoms with E-state index in [-0.39, 0.29) is 46.2 Å². The molecule has 2 aromatic rings. The molecular formula is C22H25ClF3N5O6S. The SMILES string of the molecule is CC(=O)NC[C@H]1CN(S(=O)(=O)c2c(Cl)nn3c2CCC3)c2cc(NC(=O)OC(C)(C)C(F)(F)F)ccc2O1. The number of rotatable bonds is 6. The number of anilines is 2. The quantitative estimate of drug-likeness (QED) is 0.536. The van der Waals surface area contributed by atoms with Crippen LogP contribution in [-0.2, 0) is 32.5 Å². The summed E-state index contributed by atoms with van der Waals surface area (Å²) in [5.41, 5.74) is -2.35. The fraction of sp³-hybridized carbons (Fsp3) is 0.500. The van der Waals surface area contributed by atoms with Gasteiger partial charge in [0.1, 0.15) is 16.7 Å². The van der Waals surface area contributed by atoms with E-state index in [1.54, 1.807) is 0 Å². The second kappa shape index (κ2) is 9.84. The molecule has 3 heterocycles. The number of aryl methyl sites for hydroxylation is 1. The zero-order valence-corrected chi connectivity index (χ0v) is 22.1. The average molecular weight is 580 g/mol. The first-order valence-electron chi connectivity index (χ1n) is 11.5. The molecule has 38 heavy (non-hydrogen) atoms. The van der Waals surface area contributed by atoms with Crippen LogP contribution < -0.4 is 19.7 Å². The molecule has 0 radical (unpaired) electrons.